The summed E-state index contributed by atoms with van der Waals surface area (Å²) in [6, 6.07) is 3.76. The maximum Gasteiger partial charge on any atom is 0.253 e. The Kier molecular flexibility index (Phi) is 4.25. The minimum atomic E-state index is -0.0659. The normalized spacial score (nSPS) is 24.2. The summed E-state index contributed by atoms with van der Waals surface area (Å²) in [4.78, 5) is 20.8. The van der Waals surface area contributed by atoms with E-state index in [2.05, 4.69) is 20.4 Å². The summed E-state index contributed by atoms with van der Waals surface area (Å²) in [6.45, 7) is 2.78. The minimum Gasteiger partial charge on any atom is -0.378 e. The Hall–Kier alpha value is -2.28. The largest absolute Gasteiger partial charge is 0.378 e. The third-order valence-corrected chi connectivity index (χ3v) is 5.66. The molecule has 7 heteroatoms. The van der Waals surface area contributed by atoms with E-state index in [1.54, 1.807) is 29.3 Å². The summed E-state index contributed by atoms with van der Waals surface area (Å²) in [5.74, 6) is 0.574. The van der Waals surface area contributed by atoms with Crippen molar-refractivity contribution in [2.24, 2.45) is 5.41 Å². The highest BCUT2D eigenvalue weighted by molar-refractivity contribution is 5.94. The Bertz CT molecular complexity index is 722. The molecule has 2 saturated carbocycles. The predicted octanol–water partition coefficient (Wildman–Crippen LogP) is 2.13. The summed E-state index contributed by atoms with van der Waals surface area (Å²) < 4.78 is 7.47. The van der Waals surface area contributed by atoms with Crippen LogP contribution in [0.4, 0.5) is 0 Å². The van der Waals surface area contributed by atoms with E-state index in [1.165, 1.54) is 19.2 Å². The molecule has 2 fully saturated rings. The van der Waals surface area contributed by atoms with Crippen LogP contribution in [0.3, 0.4) is 0 Å². The second-order valence-corrected chi connectivity index (χ2v) is 6.89. The lowest BCUT2D eigenvalue weighted by Gasteiger charge is -2.54. The summed E-state index contributed by atoms with van der Waals surface area (Å²) in [6.07, 6.45) is 10.6. The second-order valence-electron chi connectivity index (χ2n) is 6.89. The first-order chi connectivity index (χ1) is 12.2. The van der Waals surface area contributed by atoms with E-state index in [1.807, 2.05) is 6.92 Å². The molecule has 2 heterocycles. The van der Waals surface area contributed by atoms with Gasteiger partial charge in [0.05, 0.1) is 11.7 Å². The number of amides is 1. The van der Waals surface area contributed by atoms with Crippen LogP contribution in [0, 0.1) is 5.41 Å². The smallest absolute Gasteiger partial charge is 0.253 e. The van der Waals surface area contributed by atoms with Crippen LogP contribution in [-0.2, 0) is 4.74 Å². The van der Waals surface area contributed by atoms with Gasteiger partial charge in [0.2, 0.25) is 0 Å². The predicted molar refractivity (Wildman–Crippen MR) is 91.3 cm³/mol. The van der Waals surface area contributed by atoms with Crippen molar-refractivity contribution < 1.29 is 9.53 Å². The van der Waals surface area contributed by atoms with Gasteiger partial charge in [0.25, 0.3) is 5.91 Å². The van der Waals surface area contributed by atoms with Gasteiger partial charge >= 0.3 is 0 Å². The van der Waals surface area contributed by atoms with Crippen molar-refractivity contribution in [1.82, 2.24) is 25.1 Å². The SMILES string of the molecule is CCO[C@@H]1C[C@H](NC(=O)c2ccc(-n3cncn3)nc2)C12CCCC2. The van der Waals surface area contributed by atoms with Crippen molar-refractivity contribution in [2.45, 2.75) is 51.2 Å². The molecule has 2 aromatic rings. The fourth-order valence-electron chi connectivity index (χ4n) is 4.31. The third-order valence-electron chi connectivity index (χ3n) is 5.66. The molecule has 0 bridgehead atoms. The Morgan fingerprint density at radius 1 is 1.40 bits per heavy atom. The fourth-order valence-corrected chi connectivity index (χ4v) is 4.31. The van der Waals surface area contributed by atoms with Gasteiger partial charge in [-0.3, -0.25) is 4.79 Å². The van der Waals surface area contributed by atoms with Crippen LogP contribution in [0.5, 0.6) is 0 Å². The Labute approximate surface area is 146 Å². The van der Waals surface area contributed by atoms with Crippen molar-refractivity contribution in [3.8, 4) is 5.82 Å². The van der Waals surface area contributed by atoms with Crippen LogP contribution in [0.1, 0.15) is 49.4 Å². The number of ether oxygens (including phenoxy) is 1. The van der Waals surface area contributed by atoms with Gasteiger partial charge in [0.1, 0.15) is 12.7 Å². The van der Waals surface area contributed by atoms with Gasteiger partial charge in [0.15, 0.2) is 5.82 Å². The molecule has 0 saturated heterocycles. The van der Waals surface area contributed by atoms with Gasteiger partial charge in [-0.1, -0.05) is 12.8 Å². The van der Waals surface area contributed by atoms with Crippen molar-refractivity contribution in [1.29, 1.82) is 0 Å². The lowest BCUT2D eigenvalue weighted by molar-refractivity contribution is -0.127. The second kappa shape index (κ2) is 6.55. The minimum absolute atomic E-state index is 0.0659. The molecule has 0 unspecified atom stereocenters. The number of nitrogens with one attached hydrogen (secondary N) is 1. The van der Waals surface area contributed by atoms with E-state index in [9.17, 15) is 4.79 Å². The summed E-state index contributed by atoms with van der Waals surface area (Å²) in [7, 11) is 0. The number of carbonyl (C=O) groups excluding carboxylic acids is 1. The maximum atomic E-state index is 12.6. The molecule has 25 heavy (non-hydrogen) atoms. The zero-order valence-corrected chi connectivity index (χ0v) is 14.4. The van der Waals surface area contributed by atoms with Crippen LogP contribution in [-0.4, -0.2) is 44.4 Å². The van der Waals surface area contributed by atoms with Gasteiger partial charge in [-0.25, -0.2) is 14.6 Å². The van der Waals surface area contributed by atoms with E-state index in [-0.39, 0.29) is 23.5 Å². The molecule has 1 N–H and O–H groups in total. The molecule has 2 atom stereocenters. The number of nitrogens with zero attached hydrogens (tertiary/aromatic N) is 4. The number of hydrogen-bond donors (Lipinski definition) is 1. The molecule has 1 amide bonds. The van der Waals surface area contributed by atoms with E-state index in [0.29, 0.717) is 11.4 Å². The first-order valence-corrected chi connectivity index (χ1v) is 8.96. The van der Waals surface area contributed by atoms with Crippen molar-refractivity contribution in [3.05, 3.63) is 36.5 Å². The molecule has 2 aliphatic carbocycles. The molecule has 132 valence electrons. The molecule has 0 aliphatic heterocycles. The first kappa shape index (κ1) is 16.2. The zero-order chi connectivity index (χ0) is 17.3. The van der Waals surface area contributed by atoms with E-state index in [0.717, 1.165) is 25.9 Å². The molecule has 4 rings (SSSR count). The van der Waals surface area contributed by atoms with E-state index < -0.39 is 0 Å². The highest BCUT2D eigenvalue weighted by atomic mass is 16.5. The lowest BCUT2D eigenvalue weighted by Crippen LogP contribution is -2.63. The first-order valence-electron chi connectivity index (χ1n) is 8.96. The van der Waals surface area contributed by atoms with Crippen LogP contribution in [0.25, 0.3) is 5.82 Å². The van der Waals surface area contributed by atoms with E-state index >= 15 is 0 Å². The Balaban J connectivity index is 1.43. The van der Waals surface area contributed by atoms with Crippen molar-refractivity contribution in [2.75, 3.05) is 6.61 Å². The van der Waals surface area contributed by atoms with Gasteiger partial charge in [-0.05, 0) is 38.3 Å². The Morgan fingerprint density at radius 3 is 2.88 bits per heavy atom. The van der Waals surface area contributed by atoms with Gasteiger partial charge < -0.3 is 10.1 Å². The average molecular weight is 341 g/mol. The lowest BCUT2D eigenvalue weighted by atomic mass is 9.60. The molecule has 2 aliphatic rings. The zero-order valence-electron chi connectivity index (χ0n) is 14.4. The maximum absolute atomic E-state index is 12.6. The van der Waals surface area contributed by atoms with Gasteiger partial charge in [0, 0.05) is 24.3 Å². The standard InChI is InChI=1S/C18H23N5O2/c1-2-25-15-9-14(18(15)7-3-4-8-18)22-17(24)13-5-6-16(20-10-13)23-12-19-11-21-23/h5-6,10-12,14-15H,2-4,7-9H2,1H3,(H,22,24)/t14-,15+/m0/s1. The average Bonchev–Trinajstić information content (AvgIpc) is 3.33. The molecular formula is C18H23N5O2. The highest BCUT2D eigenvalue weighted by Gasteiger charge is 2.57. The Morgan fingerprint density at radius 2 is 2.24 bits per heavy atom. The third kappa shape index (κ3) is 2.82. The topological polar surface area (TPSA) is 81.9 Å². The molecule has 7 nitrogen and oxygen atoms in total. The molecule has 0 aromatic carbocycles. The van der Waals surface area contributed by atoms with Crippen molar-refractivity contribution >= 4 is 5.91 Å². The fraction of sp³-hybridized carbons (Fsp3) is 0.556. The molecule has 0 radical (unpaired) electrons. The van der Waals surface area contributed by atoms with Gasteiger partial charge in [-0.2, -0.15) is 5.10 Å². The number of aromatic nitrogens is 4. The summed E-state index contributed by atoms with van der Waals surface area (Å²) in [5, 5.41) is 7.25. The molecule has 2 aromatic heterocycles. The quantitative estimate of drug-likeness (QED) is 0.901. The van der Waals surface area contributed by atoms with Crippen LogP contribution < -0.4 is 5.32 Å². The van der Waals surface area contributed by atoms with Crippen LogP contribution in [0.15, 0.2) is 31.0 Å². The molecular weight excluding hydrogens is 318 g/mol. The number of rotatable bonds is 5. The number of hydrogen-bond acceptors (Lipinski definition) is 5. The number of pyridine rings is 1. The monoisotopic (exact) mass is 341 g/mol. The number of carbonyl (C=O) groups is 1. The molecule has 1 spiro atoms. The van der Waals surface area contributed by atoms with E-state index in [4.69, 9.17) is 4.74 Å². The summed E-state index contributed by atoms with van der Waals surface area (Å²) in [5.41, 5.74) is 0.705. The van der Waals surface area contributed by atoms with Gasteiger partial charge in [-0.15, -0.1) is 0 Å². The van der Waals surface area contributed by atoms with Crippen molar-refractivity contribution in [3.63, 3.8) is 0 Å². The van der Waals surface area contributed by atoms with Crippen LogP contribution in [0.2, 0.25) is 0 Å². The summed E-state index contributed by atoms with van der Waals surface area (Å²) >= 11 is 0. The van der Waals surface area contributed by atoms with Crippen LogP contribution >= 0.6 is 0 Å². The highest BCUT2D eigenvalue weighted by Crippen LogP contribution is 2.54.